The summed E-state index contributed by atoms with van der Waals surface area (Å²) in [6.07, 6.45) is 19.1. The van der Waals surface area contributed by atoms with Crippen molar-refractivity contribution in [2.24, 2.45) is 0 Å². The van der Waals surface area contributed by atoms with Gasteiger partial charge in [-0.3, -0.25) is 9.97 Å². The van der Waals surface area contributed by atoms with Crippen molar-refractivity contribution in [2.45, 2.75) is 104 Å². The van der Waals surface area contributed by atoms with Gasteiger partial charge in [0.2, 0.25) is 12.8 Å². The summed E-state index contributed by atoms with van der Waals surface area (Å²) in [5.74, 6) is 1.33. The maximum absolute atomic E-state index is 9.60. The van der Waals surface area contributed by atoms with Gasteiger partial charge in [0.25, 0.3) is 11.8 Å². The number of hydrogen-bond acceptors (Lipinski definition) is 18. The summed E-state index contributed by atoms with van der Waals surface area (Å²) in [7, 11) is -0.703. The van der Waals surface area contributed by atoms with Crippen molar-refractivity contribution < 1.29 is 37.7 Å². The van der Waals surface area contributed by atoms with Crippen molar-refractivity contribution in [3.63, 3.8) is 0 Å². The minimum atomic E-state index is -0.356. The van der Waals surface area contributed by atoms with Crippen LogP contribution in [0.5, 0.6) is 11.5 Å². The first-order valence-electron chi connectivity index (χ1n) is 31.3. The van der Waals surface area contributed by atoms with Gasteiger partial charge < -0.3 is 57.4 Å². The zero-order chi connectivity index (χ0) is 67.5. The van der Waals surface area contributed by atoms with Crippen LogP contribution in [0.15, 0.2) is 205 Å². The van der Waals surface area contributed by atoms with E-state index in [9.17, 15) is 10.2 Å². The van der Waals surface area contributed by atoms with E-state index < -0.39 is 0 Å². The number of nitrogens with zero attached hydrogens (tertiary/aromatic N) is 12. The minimum absolute atomic E-state index is 0.241. The molecule has 6 aromatic heterocycles. The molecule has 0 atom stereocenters. The first-order chi connectivity index (χ1) is 46.3. The molecule has 0 unspecified atom stereocenters. The second kappa shape index (κ2) is 29.1. The zero-order valence-corrected chi connectivity index (χ0v) is 54.6. The minimum Gasteiger partial charge on any atom is -0.508 e. The van der Waals surface area contributed by atoms with Crippen LogP contribution < -0.4 is 21.6 Å². The molecule has 12 aromatic rings. The molecule has 2 aliphatic rings. The lowest BCUT2D eigenvalue weighted by atomic mass is 9.79. The number of imidazole rings is 2. The van der Waals surface area contributed by atoms with Crippen LogP contribution in [0.25, 0.3) is 76.7 Å². The van der Waals surface area contributed by atoms with Gasteiger partial charge in [0, 0.05) is 74.1 Å². The zero-order valence-electron chi connectivity index (χ0n) is 54.6. The second-order valence-electron chi connectivity index (χ2n) is 24.9. The van der Waals surface area contributed by atoms with Gasteiger partial charge in [-0.05, 0) is 150 Å². The Kier molecular flexibility index (Phi) is 20.1. The summed E-state index contributed by atoms with van der Waals surface area (Å²) in [6, 6.07) is 41.2. The van der Waals surface area contributed by atoms with E-state index in [1.54, 1.807) is 61.2 Å². The van der Waals surface area contributed by atoms with Gasteiger partial charge in [-0.2, -0.15) is 0 Å². The third kappa shape index (κ3) is 15.6. The molecule has 4 N–H and O–H groups in total. The Morgan fingerprint density at radius 2 is 0.844 bits per heavy atom. The van der Waals surface area contributed by atoms with Gasteiger partial charge >= 0.3 is 14.2 Å². The maximum atomic E-state index is 9.60. The number of pyridine rings is 2. The van der Waals surface area contributed by atoms with Gasteiger partial charge in [-0.1, -0.05) is 84.9 Å². The number of benzene rings is 6. The number of aromatic nitrogens is 10. The number of rotatable bonds is 16. The van der Waals surface area contributed by atoms with Crippen LogP contribution in [0.3, 0.4) is 0 Å². The quantitative estimate of drug-likeness (QED) is 0.0399. The number of hydrogen-bond donors (Lipinski definition) is 4. The van der Waals surface area contributed by atoms with Crippen LogP contribution >= 0.6 is 0 Å². The molecule has 2 fully saturated rings. The lowest BCUT2D eigenvalue weighted by Crippen LogP contribution is -2.41. The molecular weight excluding hydrogens is 1210 g/mol. The summed E-state index contributed by atoms with van der Waals surface area (Å²) < 4.78 is 38.7. The number of fused-ring (bicyclic) bond motifs is 2. The predicted octanol–water partition coefficient (Wildman–Crippen LogP) is 13.8. The van der Waals surface area contributed by atoms with Crippen LogP contribution in [0, 0.1) is 13.1 Å². The fourth-order valence-electron chi connectivity index (χ4n) is 10.5. The van der Waals surface area contributed by atoms with Gasteiger partial charge in [0.05, 0.1) is 81.7 Å². The van der Waals surface area contributed by atoms with Crippen LogP contribution in [0.2, 0.25) is 0 Å². The molecule has 484 valence electrons. The van der Waals surface area contributed by atoms with Crippen LogP contribution in [0.4, 0.5) is 22.7 Å². The fraction of sp³-hybridized carbons (Fsp3) is 0.250. The highest BCUT2D eigenvalue weighted by molar-refractivity contribution is 6.62. The number of anilines is 2. The Balaban J connectivity index is 0.000000136. The molecule has 0 spiro atoms. The van der Waals surface area contributed by atoms with E-state index in [4.69, 9.17) is 40.6 Å². The fourth-order valence-corrected chi connectivity index (χ4v) is 10.5. The van der Waals surface area contributed by atoms with Crippen LogP contribution in [-0.4, -0.2) is 109 Å². The van der Waals surface area contributed by atoms with E-state index in [2.05, 4.69) is 77.4 Å². The Bertz CT molecular complexity index is 4570. The van der Waals surface area contributed by atoms with Gasteiger partial charge in [0.15, 0.2) is 11.4 Å². The highest BCUT2D eigenvalue weighted by Gasteiger charge is 2.52. The number of nitrogens with one attached hydrogen (secondary N) is 2. The SMILES string of the molecule is CC1(C)OB(c2ccc(O)cc2)OC1(C)C.Oc1ccc(-c2ccc3ncc(-c4nnco4)c(NCCCn4ccnc4)c3c2)cc1.[C-]#[N+]c1ccc(-c2ccc3ncc(-c4nnco4)c(NCCCn4ccnc4)c3c2)cc1.[C-]#[N+]c1ccc(B2OC(C)(C)C(C)(C)O2)cc1. The summed E-state index contributed by atoms with van der Waals surface area (Å²) in [5.41, 5.74) is 11.0. The molecule has 6 aromatic carbocycles. The van der Waals surface area contributed by atoms with Gasteiger partial charge in [-0.25, -0.2) is 19.7 Å². The third-order valence-corrected chi connectivity index (χ3v) is 17.3. The van der Waals surface area contributed by atoms with Crippen LogP contribution in [-0.2, 0) is 31.7 Å². The first kappa shape index (κ1) is 66.4. The monoisotopic (exact) mass is 1280 g/mol. The summed E-state index contributed by atoms with van der Waals surface area (Å²) in [6.45, 7) is 33.5. The number of aryl methyl sites for hydroxylation is 2. The van der Waals surface area contributed by atoms with Crippen molar-refractivity contribution in [3.05, 3.63) is 219 Å². The van der Waals surface area contributed by atoms with Gasteiger partial charge in [0.1, 0.15) is 11.5 Å². The number of phenols is 2. The van der Waals surface area contributed by atoms with Crippen LogP contribution in [0.1, 0.15) is 68.2 Å². The highest BCUT2D eigenvalue weighted by Crippen LogP contribution is 2.40. The van der Waals surface area contributed by atoms with E-state index in [1.165, 1.54) is 12.8 Å². The summed E-state index contributed by atoms with van der Waals surface area (Å²) in [4.78, 5) is 24.2. The number of phenolic OH excluding ortho intramolecular Hbond substituents is 2. The molecule has 0 bridgehead atoms. The molecule has 96 heavy (non-hydrogen) atoms. The molecule has 0 aliphatic carbocycles. The Hall–Kier alpha value is -11.0. The predicted molar refractivity (Wildman–Crippen MR) is 372 cm³/mol. The Morgan fingerprint density at radius 1 is 0.479 bits per heavy atom. The van der Waals surface area contributed by atoms with E-state index in [0.29, 0.717) is 23.2 Å². The van der Waals surface area contributed by atoms with Crippen molar-refractivity contribution in [3.8, 4) is 56.7 Å². The second-order valence-corrected chi connectivity index (χ2v) is 24.9. The molecule has 24 heteroatoms. The smallest absolute Gasteiger partial charge is 0.494 e. The molecule has 0 amide bonds. The summed E-state index contributed by atoms with van der Waals surface area (Å²) >= 11 is 0. The van der Waals surface area contributed by atoms with Gasteiger partial charge in [-0.15, -0.1) is 20.4 Å². The third-order valence-electron chi connectivity index (χ3n) is 17.3. The van der Waals surface area contributed by atoms with E-state index in [1.807, 2.05) is 170 Å². The molecule has 14 rings (SSSR count). The lowest BCUT2D eigenvalue weighted by molar-refractivity contribution is 0.00578. The standard InChI is InChI=1S/C24H19N7O.C23H20N6O2.C13H16BNO2.C12H17BO3/c1-25-19-6-3-17(4-7-19)18-5-8-22-20(13-18)23(21(14-28-22)24-30-29-16-32-24)27-9-2-11-31-12-10-26-15-31;30-18-5-2-16(3-6-18)17-4-7-21-19(12-17)22(20(13-26-21)23-28-27-15-31-23)25-8-1-10-29-11-9-24-14-29;1-12(2)13(3,4)17-14(16-12)10-6-8-11(15-5)9-7-10;1-11(2)12(3,4)16-13(15-11)9-5-7-10(14)8-6-9/h3-8,10,12-16H,2,9,11H2,(H,27,28);2-7,9,11-15,30H,1,8,10H2,(H,25,26);6-9H,1-4H3;5-8,14H,1-4H3. The molecule has 0 radical (unpaired) electrons. The number of aromatic hydroxyl groups is 2. The van der Waals surface area contributed by atoms with Crippen molar-refractivity contribution in [2.75, 3.05) is 23.7 Å². The molecule has 2 aliphatic heterocycles. The Labute approximate surface area is 557 Å². The van der Waals surface area contributed by atoms with E-state index in [0.717, 1.165) is 117 Å². The molecule has 2 saturated heterocycles. The topological polar surface area (TPSA) is 249 Å². The van der Waals surface area contributed by atoms with E-state index >= 15 is 0 Å². The first-order valence-corrected chi connectivity index (χ1v) is 31.3. The van der Waals surface area contributed by atoms with E-state index in [-0.39, 0.29) is 48.1 Å². The van der Waals surface area contributed by atoms with Crippen molar-refractivity contribution in [1.82, 2.24) is 49.5 Å². The molecular formula is C72H72B2N14O8. The largest absolute Gasteiger partial charge is 0.508 e. The molecule has 22 nitrogen and oxygen atoms in total. The summed E-state index contributed by atoms with van der Waals surface area (Å²) in [5, 5.41) is 43.7. The average molecular weight is 1280 g/mol. The molecule has 0 saturated carbocycles. The Morgan fingerprint density at radius 3 is 1.21 bits per heavy atom. The molecule has 8 heterocycles. The van der Waals surface area contributed by atoms with Crippen molar-refractivity contribution in [1.29, 1.82) is 0 Å². The highest BCUT2D eigenvalue weighted by atomic mass is 16.7. The van der Waals surface area contributed by atoms with Crippen molar-refractivity contribution >= 4 is 69.7 Å². The average Bonchev–Trinajstić information content (AvgIpc) is 1.12. The normalized spacial score (nSPS) is 14.7. The maximum Gasteiger partial charge on any atom is 0.494 e. The lowest BCUT2D eigenvalue weighted by Gasteiger charge is -2.32.